The molecule has 1 aliphatic carbocycles. The highest BCUT2D eigenvalue weighted by Crippen LogP contribution is 2.36. The van der Waals surface area contributed by atoms with E-state index in [0.717, 1.165) is 12.8 Å². The number of nitrogens with zero attached hydrogens (tertiary/aromatic N) is 1. The maximum absolute atomic E-state index is 13.1. The van der Waals surface area contributed by atoms with Crippen LogP contribution in [-0.4, -0.2) is 23.5 Å². The van der Waals surface area contributed by atoms with E-state index in [9.17, 15) is 22.4 Å². The molecule has 0 aliphatic heterocycles. The maximum Gasteiger partial charge on any atom is 0.317 e. The Bertz CT molecular complexity index is 1290. The highest BCUT2D eigenvalue weighted by Gasteiger charge is 2.41. The molecule has 2 N–H and O–H groups in total. The summed E-state index contributed by atoms with van der Waals surface area (Å²) < 4.78 is 42.2. The molecule has 0 radical (unpaired) electrons. The summed E-state index contributed by atoms with van der Waals surface area (Å²) in [5, 5.41) is 0. The van der Waals surface area contributed by atoms with Crippen LogP contribution in [0.1, 0.15) is 25.3 Å². The summed E-state index contributed by atoms with van der Waals surface area (Å²) in [6.45, 7) is 1.88. The van der Waals surface area contributed by atoms with E-state index in [4.69, 9.17) is 0 Å². The number of sulfonamides is 1. The van der Waals surface area contributed by atoms with E-state index in [1.165, 1.54) is 47.0 Å². The monoisotopic (exact) mass is 403 g/mol. The van der Waals surface area contributed by atoms with Gasteiger partial charge in [-0.05, 0) is 55.7 Å². The second kappa shape index (κ2) is 6.39. The number of rotatable bonds is 5. The van der Waals surface area contributed by atoms with Gasteiger partial charge in [0.05, 0.1) is 22.5 Å². The first-order valence-electron chi connectivity index (χ1n) is 8.72. The molecule has 1 heterocycles. The first-order chi connectivity index (χ1) is 13.2. The van der Waals surface area contributed by atoms with Gasteiger partial charge in [-0.2, -0.15) is 0 Å². The Morgan fingerprint density at radius 3 is 2.46 bits per heavy atom. The van der Waals surface area contributed by atoms with E-state index in [1.807, 2.05) is 6.92 Å². The summed E-state index contributed by atoms with van der Waals surface area (Å²) in [4.78, 5) is 26.9. The lowest BCUT2D eigenvalue weighted by Gasteiger charge is -2.14. The fraction of sp³-hybridized carbons (Fsp3) is 0.263. The summed E-state index contributed by atoms with van der Waals surface area (Å²) in [6.07, 6.45) is 1.54. The van der Waals surface area contributed by atoms with Gasteiger partial charge in [-0.15, -0.1) is 0 Å². The number of fused-ring (bicyclic) bond motifs is 1. The van der Waals surface area contributed by atoms with Crippen LogP contribution in [0.2, 0.25) is 0 Å². The first kappa shape index (κ1) is 18.6. The van der Waals surface area contributed by atoms with Crippen LogP contribution in [0.15, 0.2) is 56.9 Å². The van der Waals surface area contributed by atoms with Crippen molar-refractivity contribution in [2.24, 2.45) is 0 Å². The molecule has 0 unspecified atom stereocenters. The van der Waals surface area contributed by atoms with Crippen LogP contribution in [0.3, 0.4) is 0 Å². The molecule has 0 atom stereocenters. The molecule has 1 fully saturated rings. The van der Waals surface area contributed by atoms with Gasteiger partial charge in [-0.1, -0.05) is 12.1 Å². The van der Waals surface area contributed by atoms with Gasteiger partial charge in [0.25, 0.3) is 0 Å². The number of halogens is 1. The van der Waals surface area contributed by atoms with Crippen molar-refractivity contribution < 1.29 is 12.8 Å². The summed E-state index contributed by atoms with van der Waals surface area (Å²) in [5.41, 5.74) is -0.804. The van der Waals surface area contributed by atoms with E-state index in [2.05, 4.69) is 9.71 Å². The van der Waals surface area contributed by atoms with E-state index in [1.54, 1.807) is 0 Å². The van der Waals surface area contributed by atoms with Crippen LogP contribution < -0.4 is 15.8 Å². The van der Waals surface area contributed by atoms with Crippen molar-refractivity contribution in [3.63, 3.8) is 0 Å². The third-order valence-corrected chi connectivity index (χ3v) is 6.53. The molecule has 0 spiro atoms. The Morgan fingerprint density at radius 1 is 1.14 bits per heavy atom. The predicted octanol–water partition coefficient (Wildman–Crippen LogP) is 1.71. The maximum atomic E-state index is 13.1. The van der Waals surface area contributed by atoms with Crippen LogP contribution in [-0.2, 0) is 16.6 Å². The molecule has 1 aromatic heterocycles. The van der Waals surface area contributed by atoms with Crippen molar-refractivity contribution >= 4 is 21.1 Å². The van der Waals surface area contributed by atoms with Gasteiger partial charge in [-0.25, -0.2) is 17.5 Å². The average Bonchev–Trinajstić information content (AvgIpc) is 3.36. The first-order valence-corrected chi connectivity index (χ1v) is 10.2. The minimum Gasteiger partial charge on any atom is -0.316 e. The highest BCUT2D eigenvalue weighted by atomic mass is 32.2. The topological polar surface area (TPSA) is 101 Å². The van der Waals surface area contributed by atoms with Crippen LogP contribution in [0.25, 0.3) is 11.0 Å². The Kier molecular flexibility index (Phi) is 4.24. The number of hydrogen-bond donors (Lipinski definition) is 2. The second-order valence-corrected chi connectivity index (χ2v) is 9.00. The van der Waals surface area contributed by atoms with Gasteiger partial charge < -0.3 is 4.98 Å². The fourth-order valence-corrected chi connectivity index (χ4v) is 4.52. The minimum absolute atomic E-state index is 0.00996. The Hall–Kier alpha value is -2.78. The van der Waals surface area contributed by atoms with Crippen LogP contribution in [0, 0.1) is 5.82 Å². The van der Waals surface area contributed by atoms with Crippen molar-refractivity contribution in [2.75, 3.05) is 0 Å². The molecule has 0 saturated heterocycles. The number of benzene rings is 2. The van der Waals surface area contributed by atoms with Crippen LogP contribution in [0.5, 0.6) is 0 Å². The van der Waals surface area contributed by atoms with Gasteiger partial charge in [0.1, 0.15) is 5.82 Å². The highest BCUT2D eigenvalue weighted by molar-refractivity contribution is 7.89. The fourth-order valence-electron chi connectivity index (χ4n) is 3.03. The zero-order valence-electron chi connectivity index (χ0n) is 15.0. The Labute approximate surface area is 159 Å². The van der Waals surface area contributed by atoms with E-state index in [-0.39, 0.29) is 17.0 Å². The van der Waals surface area contributed by atoms with Gasteiger partial charge in [0, 0.05) is 5.54 Å². The molecule has 1 aliphatic rings. The van der Waals surface area contributed by atoms with Crippen molar-refractivity contribution in [1.29, 1.82) is 0 Å². The molecule has 28 heavy (non-hydrogen) atoms. The summed E-state index contributed by atoms with van der Waals surface area (Å²) in [7, 11) is -3.75. The van der Waals surface area contributed by atoms with Gasteiger partial charge in [-0.3, -0.25) is 14.2 Å². The predicted molar refractivity (Wildman–Crippen MR) is 102 cm³/mol. The minimum atomic E-state index is -3.75. The quantitative estimate of drug-likeness (QED) is 0.633. The van der Waals surface area contributed by atoms with Crippen LogP contribution in [0.4, 0.5) is 4.39 Å². The molecule has 0 bridgehead atoms. The average molecular weight is 403 g/mol. The lowest BCUT2D eigenvalue weighted by molar-refractivity contribution is 0.558. The van der Waals surface area contributed by atoms with Crippen LogP contribution >= 0.6 is 0 Å². The van der Waals surface area contributed by atoms with Gasteiger partial charge >= 0.3 is 11.1 Å². The number of aromatic amines is 1. The molecule has 3 aromatic rings. The van der Waals surface area contributed by atoms with Crippen molar-refractivity contribution in [3.05, 3.63) is 74.6 Å². The molecule has 146 valence electrons. The van der Waals surface area contributed by atoms with Gasteiger partial charge in [0.15, 0.2) is 0 Å². The van der Waals surface area contributed by atoms with E-state index >= 15 is 0 Å². The zero-order chi connectivity index (χ0) is 20.1. The number of H-pyrrole nitrogens is 1. The Balaban J connectivity index is 1.80. The summed E-state index contributed by atoms with van der Waals surface area (Å²) in [6, 6.07) is 9.80. The van der Waals surface area contributed by atoms with E-state index < -0.39 is 32.5 Å². The molecule has 1 saturated carbocycles. The molecule has 2 aromatic carbocycles. The standard InChI is InChI=1S/C19H18FN3O4S/c1-19(8-9-19)22-28(26,27)14-6-7-16-15(10-14)21-17(24)18(25)23(16)11-12-2-4-13(20)5-3-12/h2-7,10,22H,8-9,11H2,1H3,(H,21,24). The number of nitrogens with one attached hydrogen (secondary N) is 2. The van der Waals surface area contributed by atoms with Crippen molar-refractivity contribution in [1.82, 2.24) is 14.3 Å². The third-order valence-electron chi connectivity index (χ3n) is 4.89. The van der Waals surface area contributed by atoms with E-state index in [0.29, 0.717) is 11.1 Å². The third kappa shape index (κ3) is 3.50. The molecule has 0 amide bonds. The largest absolute Gasteiger partial charge is 0.317 e. The molecule has 9 heteroatoms. The lowest BCUT2D eigenvalue weighted by atomic mass is 10.2. The second-order valence-electron chi connectivity index (χ2n) is 7.32. The smallest absolute Gasteiger partial charge is 0.316 e. The lowest BCUT2D eigenvalue weighted by Crippen LogP contribution is -2.37. The molecular weight excluding hydrogens is 385 g/mol. The summed E-state index contributed by atoms with van der Waals surface area (Å²) in [5.74, 6) is -0.404. The molecule has 4 rings (SSSR count). The normalized spacial score (nSPS) is 15.6. The molecule has 7 nitrogen and oxygen atoms in total. The van der Waals surface area contributed by atoms with Crippen molar-refractivity contribution in [2.45, 2.75) is 36.7 Å². The van der Waals surface area contributed by atoms with Crippen molar-refractivity contribution in [3.8, 4) is 0 Å². The zero-order valence-corrected chi connectivity index (χ0v) is 15.8. The number of hydrogen-bond acceptors (Lipinski definition) is 4. The SMILES string of the molecule is CC1(NS(=O)(=O)c2ccc3c(c2)[nH]c(=O)c(=O)n3Cc2ccc(F)cc2)CC1. The summed E-state index contributed by atoms with van der Waals surface area (Å²) >= 11 is 0. The van der Waals surface area contributed by atoms with Gasteiger partial charge in [0.2, 0.25) is 10.0 Å². The Morgan fingerprint density at radius 2 is 1.82 bits per heavy atom. The number of aromatic nitrogens is 2. The molecular formula is C19H18FN3O4S.